The van der Waals surface area contributed by atoms with Gasteiger partial charge in [0.05, 0.1) is 18.3 Å². The third-order valence-electron chi connectivity index (χ3n) is 4.10. The van der Waals surface area contributed by atoms with Crippen molar-refractivity contribution in [3.63, 3.8) is 0 Å². The fourth-order valence-corrected chi connectivity index (χ4v) is 3.16. The first-order chi connectivity index (χ1) is 8.63. The Morgan fingerprint density at radius 3 is 2.39 bits per heavy atom. The highest BCUT2D eigenvalue weighted by Crippen LogP contribution is 2.31. The van der Waals surface area contributed by atoms with E-state index in [-0.39, 0.29) is 12.2 Å². The average Bonchev–Trinajstić information content (AvgIpc) is 2.34. The Hall–Kier alpha value is -0.0800. The van der Waals surface area contributed by atoms with Gasteiger partial charge in [-0.05, 0) is 45.4 Å². The Morgan fingerprint density at radius 1 is 1.17 bits per heavy atom. The summed E-state index contributed by atoms with van der Waals surface area (Å²) < 4.78 is 6.24. The fraction of sp³-hybridized carbons (Fsp3) is 1.00. The molecule has 0 aromatic heterocycles. The molecular formula is C16H32O2. The van der Waals surface area contributed by atoms with Crippen molar-refractivity contribution >= 4 is 0 Å². The van der Waals surface area contributed by atoms with E-state index in [9.17, 15) is 5.11 Å². The van der Waals surface area contributed by atoms with E-state index in [2.05, 4.69) is 13.8 Å². The van der Waals surface area contributed by atoms with Gasteiger partial charge in [-0.25, -0.2) is 0 Å². The molecule has 2 heteroatoms. The van der Waals surface area contributed by atoms with Crippen LogP contribution < -0.4 is 0 Å². The molecule has 108 valence electrons. The van der Waals surface area contributed by atoms with Crippen molar-refractivity contribution in [3.8, 4) is 0 Å². The molecule has 1 N–H and O–H groups in total. The first kappa shape index (κ1) is 16.0. The Labute approximate surface area is 113 Å². The molecule has 0 radical (unpaired) electrons. The van der Waals surface area contributed by atoms with Gasteiger partial charge >= 0.3 is 0 Å². The Morgan fingerprint density at radius 2 is 1.83 bits per heavy atom. The monoisotopic (exact) mass is 256 g/mol. The Bertz CT molecular complexity index is 197. The minimum Gasteiger partial charge on any atom is -0.393 e. The largest absolute Gasteiger partial charge is 0.393 e. The highest BCUT2D eigenvalue weighted by molar-refractivity contribution is 4.76. The normalized spacial score (nSPS) is 22.7. The van der Waals surface area contributed by atoms with E-state index in [1.165, 1.54) is 51.4 Å². The molecule has 1 saturated carbocycles. The maximum atomic E-state index is 9.44. The first-order valence-electron chi connectivity index (χ1n) is 7.97. The van der Waals surface area contributed by atoms with E-state index < -0.39 is 0 Å². The van der Waals surface area contributed by atoms with Crippen LogP contribution in [0.15, 0.2) is 0 Å². The maximum Gasteiger partial charge on any atom is 0.0606 e. The SMILES string of the molecule is CCCC[C@H](O[C@H](C)C[C@@H](C)O)C1CCCCC1. The summed E-state index contributed by atoms with van der Waals surface area (Å²) in [6, 6.07) is 0. The smallest absolute Gasteiger partial charge is 0.0606 e. The molecule has 0 aromatic rings. The van der Waals surface area contributed by atoms with Gasteiger partial charge in [-0.3, -0.25) is 0 Å². The summed E-state index contributed by atoms with van der Waals surface area (Å²) in [6.45, 7) is 6.20. The molecule has 0 bridgehead atoms. The molecule has 3 atom stereocenters. The molecule has 1 aliphatic rings. The summed E-state index contributed by atoms with van der Waals surface area (Å²) in [6.07, 6.45) is 11.7. The lowest BCUT2D eigenvalue weighted by Gasteiger charge is -2.32. The van der Waals surface area contributed by atoms with Gasteiger partial charge in [0.15, 0.2) is 0 Å². The number of hydrogen-bond donors (Lipinski definition) is 1. The second-order valence-electron chi connectivity index (χ2n) is 6.11. The molecule has 1 fully saturated rings. The third-order valence-corrected chi connectivity index (χ3v) is 4.10. The predicted octanol–water partition coefficient (Wildman–Crippen LogP) is 4.30. The van der Waals surface area contributed by atoms with Crippen molar-refractivity contribution in [2.24, 2.45) is 5.92 Å². The minimum absolute atomic E-state index is 0.189. The van der Waals surface area contributed by atoms with Crippen LogP contribution in [0.4, 0.5) is 0 Å². The summed E-state index contributed by atoms with van der Waals surface area (Å²) >= 11 is 0. The van der Waals surface area contributed by atoms with Crippen molar-refractivity contribution < 1.29 is 9.84 Å². The van der Waals surface area contributed by atoms with E-state index >= 15 is 0 Å². The average molecular weight is 256 g/mol. The quantitative estimate of drug-likeness (QED) is 0.701. The van der Waals surface area contributed by atoms with Gasteiger partial charge in [0.25, 0.3) is 0 Å². The number of ether oxygens (including phenoxy) is 1. The van der Waals surface area contributed by atoms with Gasteiger partial charge in [-0.2, -0.15) is 0 Å². The van der Waals surface area contributed by atoms with Crippen LogP contribution in [0.3, 0.4) is 0 Å². The number of aliphatic hydroxyl groups is 1. The fourth-order valence-electron chi connectivity index (χ4n) is 3.16. The van der Waals surface area contributed by atoms with Crippen LogP contribution in [0.5, 0.6) is 0 Å². The van der Waals surface area contributed by atoms with Crippen molar-refractivity contribution in [2.75, 3.05) is 0 Å². The van der Waals surface area contributed by atoms with Crippen LogP contribution in [-0.2, 0) is 4.74 Å². The Kier molecular flexibility index (Phi) is 7.92. The Balaban J connectivity index is 2.42. The van der Waals surface area contributed by atoms with Crippen LogP contribution in [0.25, 0.3) is 0 Å². The molecule has 0 unspecified atom stereocenters. The molecule has 0 amide bonds. The molecule has 0 spiro atoms. The zero-order valence-electron chi connectivity index (χ0n) is 12.5. The van der Waals surface area contributed by atoms with E-state index in [1.807, 2.05) is 6.92 Å². The molecule has 1 aliphatic carbocycles. The summed E-state index contributed by atoms with van der Waals surface area (Å²) in [7, 11) is 0. The standard InChI is InChI=1S/C16H32O2/c1-4-5-11-16(15-9-7-6-8-10-15)18-14(3)12-13(2)17/h13-17H,4-12H2,1-3H3/t13-,14-,16+/m1/s1. The van der Waals surface area contributed by atoms with Crippen molar-refractivity contribution in [1.82, 2.24) is 0 Å². The molecular weight excluding hydrogens is 224 g/mol. The molecule has 1 rings (SSSR count). The van der Waals surface area contributed by atoms with Crippen molar-refractivity contribution in [1.29, 1.82) is 0 Å². The van der Waals surface area contributed by atoms with Crippen molar-refractivity contribution in [2.45, 2.75) is 96.9 Å². The van der Waals surface area contributed by atoms with E-state index in [4.69, 9.17) is 4.74 Å². The van der Waals surface area contributed by atoms with E-state index in [1.54, 1.807) is 0 Å². The number of rotatable bonds is 8. The van der Waals surface area contributed by atoms with Gasteiger partial charge in [0.2, 0.25) is 0 Å². The predicted molar refractivity (Wildman–Crippen MR) is 76.7 cm³/mol. The lowest BCUT2D eigenvalue weighted by molar-refractivity contribution is -0.0622. The topological polar surface area (TPSA) is 29.5 Å². The molecule has 18 heavy (non-hydrogen) atoms. The summed E-state index contributed by atoms with van der Waals surface area (Å²) in [5, 5.41) is 9.44. The van der Waals surface area contributed by atoms with Gasteiger partial charge < -0.3 is 9.84 Å². The molecule has 0 heterocycles. The van der Waals surface area contributed by atoms with Crippen LogP contribution in [0.1, 0.15) is 78.6 Å². The second kappa shape index (κ2) is 8.92. The first-order valence-corrected chi connectivity index (χ1v) is 7.97. The molecule has 0 aromatic carbocycles. The van der Waals surface area contributed by atoms with Crippen LogP contribution in [0, 0.1) is 5.92 Å². The number of aliphatic hydroxyl groups excluding tert-OH is 1. The van der Waals surface area contributed by atoms with Gasteiger partial charge in [-0.1, -0.05) is 39.0 Å². The summed E-state index contributed by atoms with van der Waals surface area (Å²) in [5.74, 6) is 0.766. The van der Waals surface area contributed by atoms with E-state index in [0.29, 0.717) is 6.10 Å². The van der Waals surface area contributed by atoms with Crippen LogP contribution in [0.2, 0.25) is 0 Å². The van der Waals surface area contributed by atoms with E-state index in [0.717, 1.165) is 12.3 Å². The summed E-state index contributed by atoms with van der Waals surface area (Å²) in [4.78, 5) is 0. The van der Waals surface area contributed by atoms with Crippen LogP contribution in [-0.4, -0.2) is 23.4 Å². The zero-order chi connectivity index (χ0) is 13.4. The second-order valence-corrected chi connectivity index (χ2v) is 6.11. The highest BCUT2D eigenvalue weighted by Gasteiger charge is 2.25. The highest BCUT2D eigenvalue weighted by atomic mass is 16.5. The third kappa shape index (κ3) is 6.19. The molecule has 0 saturated heterocycles. The number of hydrogen-bond acceptors (Lipinski definition) is 2. The van der Waals surface area contributed by atoms with Crippen LogP contribution >= 0.6 is 0 Å². The van der Waals surface area contributed by atoms with Crippen molar-refractivity contribution in [3.05, 3.63) is 0 Å². The lowest BCUT2D eigenvalue weighted by atomic mass is 9.83. The maximum absolute atomic E-state index is 9.44. The van der Waals surface area contributed by atoms with Gasteiger partial charge in [0.1, 0.15) is 0 Å². The van der Waals surface area contributed by atoms with Gasteiger partial charge in [-0.15, -0.1) is 0 Å². The summed E-state index contributed by atoms with van der Waals surface area (Å²) in [5.41, 5.74) is 0. The zero-order valence-corrected chi connectivity index (χ0v) is 12.5. The molecule has 2 nitrogen and oxygen atoms in total. The minimum atomic E-state index is -0.252. The lowest BCUT2D eigenvalue weighted by Crippen LogP contribution is -2.31. The molecule has 0 aliphatic heterocycles. The van der Waals surface area contributed by atoms with Gasteiger partial charge in [0, 0.05) is 0 Å². The number of unbranched alkanes of at least 4 members (excludes halogenated alkanes) is 1.